The number of nitrogens with one attached hydrogen (secondary N) is 3. The van der Waals surface area contributed by atoms with E-state index in [9.17, 15) is 24.6 Å². The molecule has 1 aliphatic carbocycles. The lowest BCUT2D eigenvalue weighted by molar-refractivity contribution is -0.142. The molecule has 5 N–H and O–H groups in total. The number of thiazole rings is 1. The van der Waals surface area contributed by atoms with Gasteiger partial charge in [0.15, 0.2) is 5.82 Å². The van der Waals surface area contributed by atoms with Gasteiger partial charge in [0.1, 0.15) is 17.8 Å². The van der Waals surface area contributed by atoms with Crippen molar-refractivity contribution in [2.24, 2.45) is 10.8 Å². The number of nitrogens with zero attached hydrogens (tertiary/aromatic N) is 10. The number of para-hydroxylation sites is 1. The maximum Gasteiger partial charge on any atom is 0.318 e. The van der Waals surface area contributed by atoms with Gasteiger partial charge in [0.25, 0.3) is 0 Å². The first-order valence-corrected chi connectivity index (χ1v) is 26.3. The predicted octanol–water partition coefficient (Wildman–Crippen LogP) is 5.24. The van der Waals surface area contributed by atoms with E-state index in [1.807, 2.05) is 86.9 Å². The molecule has 5 fully saturated rings. The standard InChI is InChI=1S/C53H65N13O5S/c1-31-45(72-30-57-31)34-12-10-33(11-13-34)24-54-48(69)42-20-37(67)27-66(42)49(70)46(52(3,4)5)59-51(71)64-28-53(29-64)22-35(23-53)62-16-18-63(19-17-62)36-25-55-50(56-26-36)65-15-14-40-44(32(65)2)39-21-41(60-61-47(39)58-40)38-8-6-7-9-43(38)68/h6-13,21,25-26,30,32,35,37,40,42,44,46,67-68H,14-20,22-24,27-29H2,1-5H3,(H,54,69)(H,58,61)(H,59,71)/t32-,37-,40?,42+,44?,46-/m1/s1. The van der Waals surface area contributed by atoms with E-state index >= 15 is 0 Å². The number of aryl methyl sites for hydroxylation is 1. The van der Waals surface area contributed by atoms with E-state index < -0.39 is 23.6 Å². The Kier molecular flexibility index (Phi) is 12.5. The van der Waals surface area contributed by atoms with Crippen molar-refractivity contribution in [3.05, 3.63) is 89.3 Å². The van der Waals surface area contributed by atoms with Crippen LogP contribution >= 0.6 is 11.3 Å². The van der Waals surface area contributed by atoms with Crippen molar-refractivity contribution < 1.29 is 24.6 Å². The molecule has 1 saturated carbocycles. The summed E-state index contributed by atoms with van der Waals surface area (Å²) in [6.07, 6.45) is 6.20. The molecule has 8 heterocycles. The van der Waals surface area contributed by atoms with Crippen molar-refractivity contribution >= 4 is 46.6 Å². The predicted molar refractivity (Wildman–Crippen MR) is 276 cm³/mol. The molecule has 72 heavy (non-hydrogen) atoms. The zero-order valence-electron chi connectivity index (χ0n) is 41.7. The number of aromatic nitrogens is 5. The molecule has 1 spiro atoms. The SMILES string of the molecule is Cc1ncsc1-c1ccc(CNC(=O)[C@@H]2C[C@@H](O)CN2C(=O)[C@@H](NC(=O)N2CC3(CC(N4CCN(c5cnc(N6CCC7Nc8nnc(-c9ccccc9O)cc8C7[C@H]6C)nc5)CC4)C3)C2)C(C)(C)C)cc1. The van der Waals surface area contributed by atoms with Crippen molar-refractivity contribution in [1.29, 1.82) is 0 Å². The molecule has 3 aromatic heterocycles. The monoisotopic (exact) mass is 995 g/mol. The molecule has 18 nitrogen and oxygen atoms in total. The molecule has 4 saturated heterocycles. The number of benzene rings is 2. The van der Waals surface area contributed by atoms with E-state index in [0.717, 1.165) is 96.7 Å². The fourth-order valence-electron chi connectivity index (χ4n) is 12.2. The van der Waals surface area contributed by atoms with Crippen LogP contribution in [0.4, 0.5) is 22.2 Å². The van der Waals surface area contributed by atoms with Crippen LogP contribution in [0.3, 0.4) is 0 Å². The Morgan fingerprint density at radius 1 is 0.958 bits per heavy atom. The molecule has 6 aliphatic rings. The van der Waals surface area contributed by atoms with Crippen LogP contribution in [0, 0.1) is 17.8 Å². The Morgan fingerprint density at radius 3 is 2.39 bits per heavy atom. The summed E-state index contributed by atoms with van der Waals surface area (Å²) in [6.45, 7) is 16.0. The highest BCUT2D eigenvalue weighted by molar-refractivity contribution is 7.13. The number of carbonyl (C=O) groups excluding carboxylic acids is 3. The molecule has 2 aromatic carbocycles. The number of hydrogen-bond acceptors (Lipinski definition) is 15. The highest BCUT2D eigenvalue weighted by Gasteiger charge is 2.56. The number of carbonyl (C=O) groups is 3. The van der Waals surface area contributed by atoms with Crippen LogP contribution in [0.25, 0.3) is 21.7 Å². The van der Waals surface area contributed by atoms with Gasteiger partial charge in [0.05, 0.1) is 46.0 Å². The van der Waals surface area contributed by atoms with Gasteiger partial charge in [-0.15, -0.1) is 21.5 Å². The minimum atomic E-state index is -0.886. The first-order chi connectivity index (χ1) is 34.6. The summed E-state index contributed by atoms with van der Waals surface area (Å²) in [5.41, 5.74) is 7.69. The minimum Gasteiger partial charge on any atom is -0.507 e. The average Bonchev–Trinajstić information content (AvgIpc) is 4.08. The molecular weight excluding hydrogens is 931 g/mol. The van der Waals surface area contributed by atoms with E-state index in [-0.39, 0.29) is 66.5 Å². The smallest absolute Gasteiger partial charge is 0.318 e. The number of aliphatic hydroxyl groups excluding tert-OH is 1. The highest BCUT2D eigenvalue weighted by Crippen LogP contribution is 2.51. The number of aliphatic hydroxyl groups is 1. The van der Waals surface area contributed by atoms with Gasteiger partial charge in [-0.2, -0.15) is 0 Å². The summed E-state index contributed by atoms with van der Waals surface area (Å²) in [4.78, 5) is 67.4. The van der Waals surface area contributed by atoms with E-state index in [1.54, 1.807) is 23.5 Å². The fourth-order valence-corrected chi connectivity index (χ4v) is 13.0. The average molecular weight is 996 g/mol. The van der Waals surface area contributed by atoms with Gasteiger partial charge < -0.3 is 45.8 Å². The van der Waals surface area contributed by atoms with Crippen LogP contribution < -0.4 is 25.8 Å². The first-order valence-electron chi connectivity index (χ1n) is 25.4. The topological polar surface area (TPSA) is 208 Å². The summed E-state index contributed by atoms with van der Waals surface area (Å²) in [6, 6.07) is 16.1. The molecular formula is C53H65N13O5S. The molecule has 11 rings (SSSR count). The van der Waals surface area contributed by atoms with E-state index in [2.05, 4.69) is 58.8 Å². The number of aromatic hydroxyl groups is 1. The molecule has 5 aliphatic heterocycles. The third-order valence-corrected chi connectivity index (χ3v) is 17.2. The molecule has 0 radical (unpaired) electrons. The van der Waals surface area contributed by atoms with Crippen molar-refractivity contribution in [2.75, 3.05) is 67.5 Å². The van der Waals surface area contributed by atoms with Crippen LogP contribution in [0.1, 0.15) is 76.1 Å². The van der Waals surface area contributed by atoms with Crippen molar-refractivity contribution in [3.63, 3.8) is 0 Å². The Labute approximate surface area is 424 Å². The molecule has 19 heteroatoms. The number of fused-ring (bicyclic) bond motifs is 3. The third kappa shape index (κ3) is 9.08. The second-order valence-corrected chi connectivity index (χ2v) is 22.9. The second kappa shape index (κ2) is 18.9. The van der Waals surface area contributed by atoms with E-state index in [1.165, 1.54) is 4.90 Å². The zero-order valence-corrected chi connectivity index (χ0v) is 42.5. The zero-order chi connectivity index (χ0) is 50.1. The van der Waals surface area contributed by atoms with E-state index in [4.69, 9.17) is 9.97 Å². The number of piperazine rings is 1. The summed E-state index contributed by atoms with van der Waals surface area (Å²) < 4.78 is 0. The fraction of sp³-hybridized carbons (Fsp3) is 0.509. The second-order valence-electron chi connectivity index (χ2n) is 22.1. The normalized spacial score (nSPS) is 24.2. The number of β-amino-alcohol motifs (C(OH)–C–C–N with tert-alkyl or cyclic N) is 1. The minimum absolute atomic E-state index is 0.0283. The van der Waals surface area contributed by atoms with Gasteiger partial charge in [-0.05, 0) is 67.9 Å². The quantitative estimate of drug-likeness (QED) is 0.121. The number of amides is 4. The summed E-state index contributed by atoms with van der Waals surface area (Å²) in [5, 5.41) is 39.8. The number of likely N-dealkylation sites (tertiary alicyclic amines) is 2. The Balaban J connectivity index is 0.638. The Hall–Kier alpha value is -6.44. The molecule has 6 atom stereocenters. The lowest BCUT2D eigenvalue weighted by Gasteiger charge is -2.61. The van der Waals surface area contributed by atoms with Gasteiger partial charge in [-0.25, -0.2) is 19.7 Å². The van der Waals surface area contributed by atoms with E-state index in [0.29, 0.717) is 30.4 Å². The number of hydrogen-bond donors (Lipinski definition) is 5. The molecule has 2 unspecified atom stereocenters. The number of phenols is 1. The van der Waals surface area contributed by atoms with Crippen molar-refractivity contribution in [3.8, 4) is 27.4 Å². The van der Waals surface area contributed by atoms with Crippen LogP contribution in [-0.2, 0) is 16.1 Å². The number of anilines is 3. The lowest BCUT2D eigenvalue weighted by Crippen LogP contribution is -2.70. The maximum absolute atomic E-state index is 14.3. The van der Waals surface area contributed by atoms with Gasteiger partial charge in [-0.1, -0.05) is 57.2 Å². The van der Waals surface area contributed by atoms with Gasteiger partial charge in [0, 0.05) is 106 Å². The van der Waals surface area contributed by atoms with Crippen LogP contribution in [0.2, 0.25) is 0 Å². The maximum atomic E-state index is 14.3. The first kappa shape index (κ1) is 47.9. The van der Waals surface area contributed by atoms with Crippen molar-refractivity contribution in [1.82, 2.24) is 50.5 Å². The Morgan fingerprint density at radius 2 is 1.69 bits per heavy atom. The molecule has 4 amide bonds. The summed E-state index contributed by atoms with van der Waals surface area (Å²) >= 11 is 1.59. The van der Waals surface area contributed by atoms with Crippen LogP contribution in [0.15, 0.2) is 72.5 Å². The largest absolute Gasteiger partial charge is 0.507 e. The number of phenolic OH excluding ortho intramolecular Hbond substituents is 1. The van der Waals surface area contributed by atoms with Crippen LogP contribution in [0.5, 0.6) is 5.75 Å². The molecule has 5 aromatic rings. The summed E-state index contributed by atoms with van der Waals surface area (Å²) in [7, 11) is 0. The number of rotatable bonds is 10. The molecule has 378 valence electrons. The van der Waals surface area contributed by atoms with Crippen LogP contribution in [-0.4, -0.2) is 157 Å². The summed E-state index contributed by atoms with van der Waals surface area (Å²) in [5.74, 6) is 1.19. The van der Waals surface area contributed by atoms with Gasteiger partial charge in [-0.3, -0.25) is 14.5 Å². The lowest BCUT2D eigenvalue weighted by atomic mass is 9.60. The molecule has 0 bridgehead atoms. The highest BCUT2D eigenvalue weighted by atomic mass is 32.1. The number of piperidine rings is 1. The third-order valence-electron chi connectivity index (χ3n) is 16.2. The van der Waals surface area contributed by atoms with Gasteiger partial charge >= 0.3 is 6.03 Å². The number of urea groups is 1. The van der Waals surface area contributed by atoms with Gasteiger partial charge in [0.2, 0.25) is 17.8 Å². The Bertz CT molecular complexity index is 2820. The van der Waals surface area contributed by atoms with Crippen molar-refractivity contribution in [2.45, 2.75) is 109 Å².